The van der Waals surface area contributed by atoms with Crippen molar-refractivity contribution >= 4 is 28.5 Å². The van der Waals surface area contributed by atoms with E-state index in [2.05, 4.69) is 17.2 Å². The van der Waals surface area contributed by atoms with Crippen LogP contribution in [0.25, 0.3) is 11.0 Å². The van der Waals surface area contributed by atoms with Gasteiger partial charge in [-0.2, -0.15) is 0 Å². The Morgan fingerprint density at radius 2 is 2.10 bits per heavy atom. The number of aromatic nitrogens is 2. The van der Waals surface area contributed by atoms with Gasteiger partial charge in [0.1, 0.15) is 11.6 Å². The van der Waals surface area contributed by atoms with Crippen LogP contribution in [0.5, 0.6) is 5.75 Å². The molecular weight excluding hydrogens is 410 g/mol. The molecule has 1 amide bonds. The van der Waals surface area contributed by atoms with Crippen LogP contribution in [-0.4, -0.2) is 40.1 Å². The number of nitrogens with zero attached hydrogens (tertiary/aromatic N) is 3. The molecule has 6 heteroatoms. The second-order valence-electron chi connectivity index (χ2n) is 8.07. The molecule has 4 rings (SSSR count). The van der Waals surface area contributed by atoms with Crippen molar-refractivity contribution in [3.8, 4) is 5.75 Å². The summed E-state index contributed by atoms with van der Waals surface area (Å²) in [5.41, 5.74) is 3.13. The maximum atomic E-state index is 12.4. The molecule has 3 aromatic rings. The average molecular weight is 438 g/mol. The number of ether oxygens (including phenoxy) is 1. The van der Waals surface area contributed by atoms with Crippen LogP contribution in [0.4, 0.5) is 0 Å². The molecule has 2 aromatic carbocycles. The number of hydrogen-bond acceptors (Lipinski definition) is 3. The fraction of sp³-hybridized carbons (Fsp3) is 0.360. The van der Waals surface area contributed by atoms with Crippen molar-refractivity contribution in [2.24, 2.45) is 0 Å². The van der Waals surface area contributed by atoms with Crippen molar-refractivity contribution in [1.29, 1.82) is 0 Å². The molecule has 1 aliphatic heterocycles. The van der Waals surface area contributed by atoms with E-state index in [-0.39, 0.29) is 11.8 Å². The molecule has 0 aliphatic carbocycles. The lowest BCUT2D eigenvalue weighted by molar-refractivity contribution is -0.127. The van der Waals surface area contributed by atoms with Crippen LogP contribution in [0.2, 0.25) is 5.02 Å². The molecule has 31 heavy (non-hydrogen) atoms. The number of hydrogen-bond donors (Lipinski definition) is 0. The van der Waals surface area contributed by atoms with Crippen LogP contribution >= 0.6 is 11.6 Å². The maximum absolute atomic E-state index is 12.4. The van der Waals surface area contributed by atoms with Crippen LogP contribution in [0.1, 0.15) is 36.6 Å². The minimum Gasteiger partial charge on any atom is -0.494 e. The Morgan fingerprint density at radius 3 is 2.90 bits per heavy atom. The fourth-order valence-corrected chi connectivity index (χ4v) is 4.30. The van der Waals surface area contributed by atoms with Crippen molar-refractivity contribution in [2.75, 3.05) is 19.7 Å². The summed E-state index contributed by atoms with van der Waals surface area (Å²) in [7, 11) is 0. The minimum absolute atomic E-state index is 0.119. The number of benzene rings is 2. The molecule has 0 spiro atoms. The second kappa shape index (κ2) is 9.56. The third-order valence-corrected chi connectivity index (χ3v) is 6.21. The van der Waals surface area contributed by atoms with Crippen LogP contribution < -0.4 is 4.74 Å². The first-order valence-electron chi connectivity index (χ1n) is 10.8. The molecule has 1 saturated heterocycles. The van der Waals surface area contributed by atoms with E-state index < -0.39 is 0 Å². The summed E-state index contributed by atoms with van der Waals surface area (Å²) in [5.74, 6) is 2.15. The number of carbonyl (C=O) groups excluding carboxylic acids is 1. The summed E-state index contributed by atoms with van der Waals surface area (Å²) in [6.07, 6.45) is 4.19. The predicted octanol–water partition coefficient (Wildman–Crippen LogP) is 5.36. The first kappa shape index (κ1) is 21.4. The van der Waals surface area contributed by atoms with E-state index in [9.17, 15) is 4.79 Å². The minimum atomic E-state index is 0.119. The summed E-state index contributed by atoms with van der Waals surface area (Å²) in [4.78, 5) is 19.1. The van der Waals surface area contributed by atoms with E-state index in [0.29, 0.717) is 26.1 Å². The normalized spacial score (nSPS) is 16.3. The zero-order valence-corrected chi connectivity index (χ0v) is 18.6. The lowest BCUT2D eigenvalue weighted by Crippen LogP contribution is -2.25. The van der Waals surface area contributed by atoms with Crippen LogP contribution in [-0.2, 0) is 11.3 Å². The smallest absolute Gasteiger partial charge is 0.223 e. The summed E-state index contributed by atoms with van der Waals surface area (Å²) < 4.78 is 8.18. The first-order chi connectivity index (χ1) is 15.1. The largest absolute Gasteiger partial charge is 0.494 e. The van der Waals surface area contributed by atoms with Gasteiger partial charge in [0.25, 0.3) is 0 Å². The topological polar surface area (TPSA) is 47.4 Å². The Bertz CT molecular complexity index is 1090. The Hall–Kier alpha value is -2.79. The van der Waals surface area contributed by atoms with E-state index >= 15 is 0 Å². The molecule has 0 bridgehead atoms. The molecule has 1 unspecified atom stereocenters. The quantitative estimate of drug-likeness (QED) is 0.334. The van der Waals surface area contributed by atoms with Crippen molar-refractivity contribution in [1.82, 2.24) is 14.5 Å². The molecule has 1 atom stereocenters. The fourth-order valence-electron chi connectivity index (χ4n) is 4.19. The molecule has 1 aliphatic rings. The van der Waals surface area contributed by atoms with E-state index in [1.165, 1.54) is 0 Å². The highest BCUT2D eigenvalue weighted by Crippen LogP contribution is 2.30. The monoisotopic (exact) mass is 437 g/mol. The third kappa shape index (κ3) is 4.77. The van der Waals surface area contributed by atoms with Crippen molar-refractivity contribution < 1.29 is 9.53 Å². The summed E-state index contributed by atoms with van der Waals surface area (Å²) in [5, 5.41) is 0.754. The SMILES string of the molecule is C=CCN1CC(c2nc3ccccc3n2CCCCOc2ccc(Cl)c(C)c2)CC1=O. The van der Waals surface area contributed by atoms with Gasteiger partial charge in [0.15, 0.2) is 0 Å². The Morgan fingerprint density at radius 1 is 1.26 bits per heavy atom. The average Bonchev–Trinajstić information content (AvgIpc) is 3.31. The van der Waals surface area contributed by atoms with Crippen molar-refractivity contribution in [2.45, 2.75) is 38.6 Å². The van der Waals surface area contributed by atoms with Gasteiger partial charge in [0.2, 0.25) is 5.91 Å². The second-order valence-corrected chi connectivity index (χ2v) is 8.47. The number of aryl methyl sites for hydroxylation is 2. The highest BCUT2D eigenvalue weighted by atomic mass is 35.5. The number of unbranched alkanes of at least 4 members (excludes halogenated alkanes) is 1. The standard InChI is InChI=1S/C25H28ClN3O2/c1-3-12-28-17-19(16-24(28)30)25-27-22-8-4-5-9-23(22)29(25)13-6-7-14-31-20-10-11-21(26)18(2)15-20/h3-5,8-11,15,19H,1,6-7,12-14,16-17H2,2H3. The van der Waals surface area contributed by atoms with Crippen LogP contribution in [0, 0.1) is 6.92 Å². The van der Waals surface area contributed by atoms with Gasteiger partial charge in [-0.15, -0.1) is 6.58 Å². The Kier molecular flexibility index (Phi) is 6.62. The van der Waals surface area contributed by atoms with Gasteiger partial charge in [-0.25, -0.2) is 4.98 Å². The molecule has 0 radical (unpaired) electrons. The first-order valence-corrected chi connectivity index (χ1v) is 11.2. The van der Waals surface area contributed by atoms with Gasteiger partial charge in [0.05, 0.1) is 17.6 Å². The van der Waals surface area contributed by atoms with Gasteiger partial charge in [0, 0.05) is 37.0 Å². The lowest BCUT2D eigenvalue weighted by Gasteiger charge is -2.16. The van der Waals surface area contributed by atoms with Gasteiger partial charge < -0.3 is 14.2 Å². The molecule has 162 valence electrons. The van der Waals surface area contributed by atoms with Crippen LogP contribution in [0.15, 0.2) is 55.1 Å². The number of likely N-dealkylation sites (tertiary alicyclic amines) is 1. The predicted molar refractivity (Wildman–Crippen MR) is 125 cm³/mol. The van der Waals surface area contributed by atoms with Gasteiger partial charge in [-0.1, -0.05) is 29.8 Å². The summed E-state index contributed by atoms with van der Waals surface area (Å²) >= 11 is 6.08. The van der Waals surface area contributed by atoms with Crippen molar-refractivity contribution in [3.05, 3.63) is 71.5 Å². The van der Waals surface area contributed by atoms with Crippen molar-refractivity contribution in [3.63, 3.8) is 0 Å². The van der Waals surface area contributed by atoms with Gasteiger partial charge in [-0.3, -0.25) is 4.79 Å². The van der Waals surface area contributed by atoms with Gasteiger partial charge in [-0.05, 0) is 55.7 Å². The molecule has 1 aromatic heterocycles. The summed E-state index contributed by atoms with van der Waals surface area (Å²) in [6.45, 7) is 8.54. The Balaban J connectivity index is 1.42. The maximum Gasteiger partial charge on any atom is 0.223 e. The van der Waals surface area contributed by atoms with Gasteiger partial charge >= 0.3 is 0 Å². The van der Waals surface area contributed by atoms with Crippen LogP contribution in [0.3, 0.4) is 0 Å². The highest BCUT2D eigenvalue weighted by Gasteiger charge is 2.33. The number of halogens is 1. The summed E-state index contributed by atoms with van der Waals surface area (Å²) in [6, 6.07) is 13.9. The number of rotatable bonds is 9. The number of para-hydroxylation sites is 2. The highest BCUT2D eigenvalue weighted by molar-refractivity contribution is 6.31. The number of amides is 1. The zero-order chi connectivity index (χ0) is 21.8. The molecular formula is C25H28ClN3O2. The third-order valence-electron chi connectivity index (χ3n) is 5.79. The molecule has 1 fully saturated rings. The van der Waals surface area contributed by atoms with E-state index in [4.69, 9.17) is 21.3 Å². The molecule has 0 N–H and O–H groups in total. The molecule has 5 nitrogen and oxygen atoms in total. The van der Waals surface area contributed by atoms with E-state index in [0.717, 1.165) is 52.6 Å². The number of carbonyl (C=O) groups is 1. The number of imidazole rings is 1. The van der Waals surface area contributed by atoms with E-state index in [1.54, 1.807) is 6.08 Å². The van der Waals surface area contributed by atoms with E-state index in [1.807, 2.05) is 48.2 Å². The molecule has 2 heterocycles. The Labute approximate surface area is 188 Å². The number of fused-ring (bicyclic) bond motifs is 1. The molecule has 0 saturated carbocycles. The zero-order valence-electron chi connectivity index (χ0n) is 17.9. The lowest BCUT2D eigenvalue weighted by atomic mass is 10.1.